The molecule has 1 N–H and O–H groups in total. The molecular weight excluding hydrogens is 633 g/mol. The monoisotopic (exact) mass is 682 g/mol. The second-order valence-electron chi connectivity index (χ2n) is 13.2. The van der Waals surface area contributed by atoms with Gasteiger partial charge in [0.25, 0.3) is 5.91 Å². The Bertz CT molecular complexity index is 1730. The molecule has 8 nitrogen and oxygen atoms in total. The van der Waals surface area contributed by atoms with Crippen molar-refractivity contribution in [2.75, 3.05) is 43.1 Å². The van der Waals surface area contributed by atoms with Crippen LogP contribution >= 0.6 is 0 Å². The quantitative estimate of drug-likeness (QED) is 0.119. The molecule has 0 aliphatic carbocycles. The maximum atomic E-state index is 13.7. The van der Waals surface area contributed by atoms with E-state index in [2.05, 4.69) is 80.2 Å². The maximum absolute atomic E-state index is 13.7. The van der Waals surface area contributed by atoms with Gasteiger partial charge in [-0.2, -0.15) is 0 Å². The molecule has 0 saturated heterocycles. The molecular formula is C40H50N4O4S. The first-order valence-corrected chi connectivity index (χ1v) is 18.8. The van der Waals surface area contributed by atoms with Crippen LogP contribution in [0.25, 0.3) is 17.2 Å². The number of hydrogen-bond acceptors (Lipinski definition) is 6. The Hall–Kier alpha value is -4.21. The van der Waals surface area contributed by atoms with Gasteiger partial charge in [0.1, 0.15) is 18.2 Å². The van der Waals surface area contributed by atoms with E-state index in [4.69, 9.17) is 9.47 Å². The van der Waals surface area contributed by atoms with E-state index in [9.17, 15) is 9.00 Å². The number of imidazole rings is 1. The van der Waals surface area contributed by atoms with Crippen LogP contribution in [0.4, 0.5) is 11.4 Å². The summed E-state index contributed by atoms with van der Waals surface area (Å²) in [4.78, 5) is 21.1. The van der Waals surface area contributed by atoms with Gasteiger partial charge in [-0.05, 0) is 104 Å². The molecule has 1 aliphatic rings. The van der Waals surface area contributed by atoms with Crippen molar-refractivity contribution in [3.05, 3.63) is 96.1 Å². The van der Waals surface area contributed by atoms with E-state index in [-0.39, 0.29) is 11.9 Å². The SMILES string of the molecule is CCCCOCCOc1ccc(-c2ccc3c(c2)C=C(C(=O)Nc2ccc(S(=O)Cc4nccn4C(C)C)cc2)CCN3CC(C)C)cc1. The number of nitrogens with one attached hydrogen (secondary N) is 1. The summed E-state index contributed by atoms with van der Waals surface area (Å²) in [5.41, 5.74) is 5.71. The fourth-order valence-corrected chi connectivity index (χ4v) is 6.99. The van der Waals surface area contributed by atoms with Gasteiger partial charge in [-0.15, -0.1) is 0 Å². The fourth-order valence-electron chi connectivity index (χ4n) is 5.92. The largest absolute Gasteiger partial charge is 0.491 e. The van der Waals surface area contributed by atoms with Crippen molar-refractivity contribution in [2.24, 2.45) is 5.92 Å². The Labute approximate surface area is 294 Å². The number of carbonyl (C=O) groups is 1. The Kier molecular flexibility index (Phi) is 12.8. The molecule has 9 heteroatoms. The molecule has 260 valence electrons. The summed E-state index contributed by atoms with van der Waals surface area (Å²) in [5.74, 6) is 2.30. The zero-order valence-corrected chi connectivity index (χ0v) is 30.3. The van der Waals surface area contributed by atoms with E-state index >= 15 is 0 Å². The van der Waals surface area contributed by atoms with Crippen molar-refractivity contribution in [3.63, 3.8) is 0 Å². The summed E-state index contributed by atoms with van der Waals surface area (Å²) in [6, 6.07) is 22.2. The highest BCUT2D eigenvalue weighted by atomic mass is 32.2. The van der Waals surface area contributed by atoms with Crippen LogP contribution < -0.4 is 15.0 Å². The summed E-state index contributed by atoms with van der Waals surface area (Å²) < 4.78 is 26.6. The van der Waals surface area contributed by atoms with Crippen LogP contribution in [-0.2, 0) is 26.1 Å². The summed E-state index contributed by atoms with van der Waals surface area (Å²) in [6.45, 7) is 14.3. The molecule has 1 aliphatic heterocycles. The molecule has 1 amide bonds. The van der Waals surface area contributed by atoms with Gasteiger partial charge in [-0.1, -0.05) is 45.4 Å². The summed E-state index contributed by atoms with van der Waals surface area (Å²) in [5, 5.41) is 3.08. The standard InChI is InChI=1S/C40H50N4O4S/c1-6-7-22-47-23-24-48-36-13-8-31(9-14-36)32-10-17-38-34(25-32)26-33(18-20-43(38)27-29(2)3)40(45)42-35-11-15-37(16-12-35)49(46)28-39-41-19-21-44(39)30(4)5/h8-17,19,21,25-26,29-30H,6-7,18,20,22-24,27-28H2,1-5H3,(H,42,45). The topological polar surface area (TPSA) is 85.7 Å². The molecule has 2 heterocycles. The van der Waals surface area contributed by atoms with Gasteiger partial charge in [0.15, 0.2) is 0 Å². The minimum absolute atomic E-state index is 0.129. The molecule has 0 spiro atoms. The second-order valence-corrected chi connectivity index (χ2v) is 14.6. The molecule has 1 unspecified atom stereocenters. The minimum atomic E-state index is -1.25. The Morgan fingerprint density at radius 2 is 1.71 bits per heavy atom. The average Bonchev–Trinajstić information content (AvgIpc) is 3.48. The normalized spacial score (nSPS) is 13.6. The molecule has 4 aromatic rings. The molecule has 0 bridgehead atoms. The molecule has 0 saturated carbocycles. The van der Waals surface area contributed by atoms with Crippen molar-refractivity contribution in [1.29, 1.82) is 0 Å². The third kappa shape index (κ3) is 9.92. The lowest BCUT2D eigenvalue weighted by molar-refractivity contribution is -0.112. The third-order valence-electron chi connectivity index (χ3n) is 8.49. The lowest BCUT2D eigenvalue weighted by atomic mass is 10.00. The minimum Gasteiger partial charge on any atom is -0.491 e. The van der Waals surface area contributed by atoms with Gasteiger partial charge < -0.3 is 24.3 Å². The highest BCUT2D eigenvalue weighted by Crippen LogP contribution is 2.34. The van der Waals surface area contributed by atoms with E-state index in [1.807, 2.05) is 53.2 Å². The summed E-state index contributed by atoms with van der Waals surface area (Å²) in [6.07, 6.45) is 8.51. The van der Waals surface area contributed by atoms with Crippen molar-refractivity contribution < 1.29 is 18.5 Å². The zero-order valence-electron chi connectivity index (χ0n) is 29.5. The molecule has 5 rings (SSSR count). The zero-order chi connectivity index (χ0) is 34.8. The number of unbranched alkanes of at least 4 members (excludes halogenated alkanes) is 1. The van der Waals surface area contributed by atoms with E-state index in [1.165, 1.54) is 0 Å². The van der Waals surface area contributed by atoms with Gasteiger partial charge in [0.2, 0.25) is 0 Å². The average molecular weight is 683 g/mol. The van der Waals surface area contributed by atoms with E-state index < -0.39 is 10.8 Å². The number of aromatic nitrogens is 2. The van der Waals surface area contributed by atoms with Crippen LogP contribution in [0.5, 0.6) is 5.75 Å². The predicted octanol–water partition coefficient (Wildman–Crippen LogP) is 8.52. The summed E-state index contributed by atoms with van der Waals surface area (Å²) >= 11 is 0. The van der Waals surface area contributed by atoms with Crippen LogP contribution in [0, 0.1) is 5.92 Å². The van der Waals surface area contributed by atoms with Crippen LogP contribution in [-0.4, -0.2) is 52.6 Å². The van der Waals surface area contributed by atoms with Crippen molar-refractivity contribution in [3.8, 4) is 16.9 Å². The Morgan fingerprint density at radius 1 is 0.959 bits per heavy atom. The van der Waals surface area contributed by atoms with E-state index in [0.717, 1.165) is 72.1 Å². The van der Waals surface area contributed by atoms with Crippen molar-refractivity contribution in [1.82, 2.24) is 9.55 Å². The molecule has 1 atom stereocenters. The van der Waals surface area contributed by atoms with Gasteiger partial charge >= 0.3 is 0 Å². The number of anilines is 2. The first-order valence-electron chi connectivity index (χ1n) is 17.4. The molecule has 3 aromatic carbocycles. The number of rotatable bonds is 16. The second kappa shape index (κ2) is 17.4. The molecule has 0 radical (unpaired) electrons. The van der Waals surface area contributed by atoms with Gasteiger partial charge in [-0.3, -0.25) is 9.00 Å². The van der Waals surface area contributed by atoms with Crippen LogP contribution in [0.2, 0.25) is 0 Å². The van der Waals surface area contributed by atoms with Crippen LogP contribution in [0.1, 0.15) is 71.3 Å². The highest BCUT2D eigenvalue weighted by molar-refractivity contribution is 7.84. The van der Waals surface area contributed by atoms with Crippen LogP contribution in [0.3, 0.4) is 0 Å². The third-order valence-corrected chi connectivity index (χ3v) is 9.81. The fraction of sp³-hybridized carbons (Fsp3) is 0.400. The van der Waals surface area contributed by atoms with Crippen molar-refractivity contribution in [2.45, 2.75) is 70.6 Å². The Balaban J connectivity index is 1.28. The number of hydrogen-bond donors (Lipinski definition) is 1. The number of fused-ring (bicyclic) bond motifs is 1. The van der Waals surface area contributed by atoms with Gasteiger partial charge in [0, 0.05) is 60.0 Å². The van der Waals surface area contributed by atoms with E-state index in [1.54, 1.807) is 6.20 Å². The number of ether oxygens (including phenoxy) is 2. The van der Waals surface area contributed by atoms with Gasteiger partial charge in [-0.25, -0.2) is 4.98 Å². The lowest BCUT2D eigenvalue weighted by Crippen LogP contribution is -2.29. The van der Waals surface area contributed by atoms with Crippen LogP contribution in [0.15, 0.2) is 89.6 Å². The molecule has 49 heavy (non-hydrogen) atoms. The molecule has 0 fully saturated rings. The lowest BCUT2D eigenvalue weighted by Gasteiger charge is -2.27. The number of nitrogens with zero attached hydrogens (tertiary/aromatic N) is 3. The van der Waals surface area contributed by atoms with Gasteiger partial charge in [0.05, 0.1) is 23.2 Å². The number of benzene rings is 3. The first kappa shape index (κ1) is 36.1. The first-order chi connectivity index (χ1) is 23.7. The highest BCUT2D eigenvalue weighted by Gasteiger charge is 2.21. The predicted molar refractivity (Wildman–Crippen MR) is 201 cm³/mol. The maximum Gasteiger partial charge on any atom is 0.251 e. The Morgan fingerprint density at radius 3 is 2.43 bits per heavy atom. The number of amides is 1. The summed E-state index contributed by atoms with van der Waals surface area (Å²) in [7, 11) is -1.25. The molecule has 1 aromatic heterocycles. The van der Waals surface area contributed by atoms with Crippen molar-refractivity contribution >= 4 is 34.2 Å². The number of carbonyl (C=O) groups excluding carboxylic acids is 1. The van der Waals surface area contributed by atoms with E-state index in [0.29, 0.717) is 41.9 Å². The smallest absolute Gasteiger partial charge is 0.251 e.